The monoisotopic (exact) mass is 335 g/mol. The van der Waals surface area contributed by atoms with E-state index < -0.39 is 18.2 Å². The van der Waals surface area contributed by atoms with Crippen molar-refractivity contribution < 1.29 is 14.7 Å². The Morgan fingerprint density at radius 3 is 2.61 bits per heavy atom. The predicted molar refractivity (Wildman–Crippen MR) is 85.1 cm³/mol. The molecule has 1 fully saturated rings. The molecule has 3 amide bonds. The first-order valence-electron chi connectivity index (χ1n) is 7.50. The zero-order chi connectivity index (χ0) is 16.8. The number of hydrogen-bond acceptors (Lipinski definition) is 3. The average molecular weight is 336 g/mol. The Morgan fingerprint density at radius 1 is 1.35 bits per heavy atom. The van der Waals surface area contributed by atoms with Crippen LogP contribution in [-0.2, 0) is 0 Å². The Hall–Kier alpha value is -2.26. The fourth-order valence-electron chi connectivity index (χ4n) is 2.82. The van der Waals surface area contributed by atoms with Gasteiger partial charge in [0.25, 0.3) is 0 Å². The molecule has 122 valence electrons. The average Bonchev–Trinajstić information content (AvgIpc) is 2.53. The molecule has 0 heterocycles. The van der Waals surface area contributed by atoms with Crippen LogP contribution in [0.3, 0.4) is 0 Å². The Morgan fingerprint density at radius 2 is 2.04 bits per heavy atom. The van der Waals surface area contributed by atoms with Crippen LogP contribution < -0.4 is 5.32 Å². The fraction of sp³-hybridized carbons (Fsp3) is 0.438. The molecule has 1 atom stereocenters. The number of rotatable bonds is 3. The lowest BCUT2D eigenvalue weighted by Crippen LogP contribution is -2.50. The summed E-state index contributed by atoms with van der Waals surface area (Å²) < 4.78 is 0. The minimum Gasteiger partial charge on any atom is -0.465 e. The first kappa shape index (κ1) is 17.1. The van der Waals surface area contributed by atoms with E-state index in [0.29, 0.717) is 23.4 Å². The van der Waals surface area contributed by atoms with Crippen LogP contribution in [0, 0.1) is 11.3 Å². The summed E-state index contributed by atoms with van der Waals surface area (Å²) in [5.41, 5.74) is 0.516. The Bertz CT molecular complexity index is 623. The molecule has 0 spiro atoms. The zero-order valence-electron chi connectivity index (χ0n) is 12.5. The second-order valence-electron chi connectivity index (χ2n) is 5.51. The fourth-order valence-corrected chi connectivity index (χ4v) is 3.02. The summed E-state index contributed by atoms with van der Waals surface area (Å²) in [4.78, 5) is 24.6. The quantitative estimate of drug-likeness (QED) is 0.875. The third kappa shape index (κ3) is 4.36. The zero-order valence-corrected chi connectivity index (χ0v) is 13.3. The van der Waals surface area contributed by atoms with Crippen molar-refractivity contribution in [2.45, 2.75) is 44.2 Å². The molecule has 1 saturated carbocycles. The molecule has 0 aliphatic heterocycles. The van der Waals surface area contributed by atoms with Crippen molar-refractivity contribution in [2.75, 3.05) is 0 Å². The molecule has 7 heteroatoms. The number of imide groups is 1. The van der Waals surface area contributed by atoms with Crippen molar-refractivity contribution in [1.82, 2.24) is 10.2 Å². The highest BCUT2D eigenvalue weighted by molar-refractivity contribution is 6.30. The van der Waals surface area contributed by atoms with Crippen molar-refractivity contribution in [1.29, 1.82) is 5.26 Å². The largest absolute Gasteiger partial charge is 0.465 e. The number of carboxylic acid groups (broad SMARTS) is 1. The number of carbonyl (C=O) groups excluding carboxylic acids is 1. The van der Waals surface area contributed by atoms with E-state index in [1.807, 2.05) is 6.07 Å². The predicted octanol–water partition coefficient (Wildman–Crippen LogP) is 3.93. The van der Waals surface area contributed by atoms with Gasteiger partial charge in [0.2, 0.25) is 0 Å². The van der Waals surface area contributed by atoms with Crippen LogP contribution in [0.5, 0.6) is 0 Å². The maximum Gasteiger partial charge on any atom is 0.415 e. The molecule has 23 heavy (non-hydrogen) atoms. The lowest BCUT2D eigenvalue weighted by atomic mass is 9.94. The molecular weight excluding hydrogens is 318 g/mol. The summed E-state index contributed by atoms with van der Waals surface area (Å²) in [6.45, 7) is 0. The minimum absolute atomic E-state index is 0.333. The normalized spacial score (nSPS) is 16.2. The minimum atomic E-state index is -1.29. The maximum absolute atomic E-state index is 12.4. The number of amides is 3. The first-order valence-corrected chi connectivity index (χ1v) is 7.88. The van der Waals surface area contributed by atoms with E-state index in [1.165, 1.54) is 0 Å². The van der Waals surface area contributed by atoms with Gasteiger partial charge in [0.15, 0.2) is 0 Å². The lowest BCUT2D eigenvalue weighted by molar-refractivity contribution is 0.120. The van der Waals surface area contributed by atoms with Gasteiger partial charge in [0.1, 0.15) is 6.04 Å². The van der Waals surface area contributed by atoms with E-state index in [2.05, 4.69) is 5.32 Å². The van der Waals surface area contributed by atoms with Gasteiger partial charge >= 0.3 is 12.1 Å². The van der Waals surface area contributed by atoms with Crippen LogP contribution in [0.4, 0.5) is 9.59 Å². The molecular formula is C16H18ClN3O3. The molecule has 1 aliphatic rings. The standard InChI is InChI=1S/C16H18ClN3O3/c17-12-6-4-5-11(9-12)14(10-18)19-15(21)20(16(22)23)13-7-2-1-3-8-13/h4-6,9,13-14H,1-3,7-8H2,(H,19,21)(H,22,23)/t14-/m1/s1. The van der Waals surface area contributed by atoms with Gasteiger partial charge < -0.3 is 10.4 Å². The molecule has 2 rings (SSSR count). The number of nitrogens with one attached hydrogen (secondary N) is 1. The third-order valence-corrected chi connectivity index (χ3v) is 4.18. The molecule has 0 unspecified atom stereocenters. The Labute approximate surface area is 139 Å². The molecule has 1 aromatic carbocycles. The van der Waals surface area contributed by atoms with Crippen LogP contribution in [0.1, 0.15) is 43.7 Å². The molecule has 0 saturated heterocycles. The van der Waals surface area contributed by atoms with E-state index in [4.69, 9.17) is 11.6 Å². The number of nitriles is 1. The van der Waals surface area contributed by atoms with Gasteiger partial charge in [-0.15, -0.1) is 0 Å². The molecule has 1 aromatic rings. The summed E-state index contributed by atoms with van der Waals surface area (Å²) in [7, 11) is 0. The first-order chi connectivity index (χ1) is 11.0. The Balaban J connectivity index is 2.13. The summed E-state index contributed by atoms with van der Waals surface area (Å²) in [5, 5.41) is 21.6. The lowest BCUT2D eigenvalue weighted by Gasteiger charge is -2.31. The van der Waals surface area contributed by atoms with Crippen molar-refractivity contribution in [3.8, 4) is 6.07 Å². The summed E-state index contributed by atoms with van der Waals surface area (Å²) in [5.74, 6) is 0. The van der Waals surface area contributed by atoms with Gasteiger partial charge in [-0.3, -0.25) is 0 Å². The van der Waals surface area contributed by atoms with Gasteiger partial charge in [-0.05, 0) is 30.5 Å². The number of benzene rings is 1. The van der Waals surface area contributed by atoms with E-state index in [1.54, 1.807) is 24.3 Å². The summed E-state index contributed by atoms with van der Waals surface area (Å²) in [6.07, 6.45) is 2.88. The van der Waals surface area contributed by atoms with Crippen LogP contribution in [0.15, 0.2) is 24.3 Å². The van der Waals surface area contributed by atoms with Crippen molar-refractivity contribution >= 4 is 23.7 Å². The molecule has 0 bridgehead atoms. The molecule has 1 aliphatic carbocycles. The van der Waals surface area contributed by atoms with Crippen molar-refractivity contribution in [3.63, 3.8) is 0 Å². The summed E-state index contributed by atoms with van der Waals surface area (Å²) in [6, 6.07) is 6.47. The maximum atomic E-state index is 12.4. The van der Waals surface area contributed by atoms with Gasteiger partial charge in [-0.1, -0.05) is 43.0 Å². The van der Waals surface area contributed by atoms with Crippen molar-refractivity contribution in [2.24, 2.45) is 0 Å². The van der Waals surface area contributed by atoms with E-state index in [9.17, 15) is 20.0 Å². The van der Waals surface area contributed by atoms with Crippen LogP contribution in [0.2, 0.25) is 5.02 Å². The highest BCUT2D eigenvalue weighted by atomic mass is 35.5. The second-order valence-corrected chi connectivity index (χ2v) is 5.95. The van der Waals surface area contributed by atoms with E-state index in [-0.39, 0.29) is 6.04 Å². The van der Waals surface area contributed by atoms with Gasteiger partial charge in [-0.25, -0.2) is 14.5 Å². The van der Waals surface area contributed by atoms with Crippen LogP contribution in [0.25, 0.3) is 0 Å². The smallest absolute Gasteiger partial charge is 0.415 e. The molecule has 2 N–H and O–H groups in total. The number of nitrogens with zero attached hydrogens (tertiary/aromatic N) is 2. The number of urea groups is 1. The number of carbonyl (C=O) groups is 2. The molecule has 0 radical (unpaired) electrons. The van der Waals surface area contributed by atoms with Gasteiger partial charge in [0, 0.05) is 11.1 Å². The van der Waals surface area contributed by atoms with Crippen LogP contribution in [-0.4, -0.2) is 28.2 Å². The van der Waals surface area contributed by atoms with E-state index >= 15 is 0 Å². The highest BCUT2D eigenvalue weighted by Crippen LogP contribution is 2.24. The number of hydrogen-bond donors (Lipinski definition) is 2. The van der Waals surface area contributed by atoms with Gasteiger partial charge in [-0.2, -0.15) is 5.26 Å². The second kappa shape index (κ2) is 7.84. The van der Waals surface area contributed by atoms with Crippen LogP contribution >= 0.6 is 11.6 Å². The summed E-state index contributed by atoms with van der Waals surface area (Å²) >= 11 is 5.89. The number of halogens is 1. The molecule has 0 aromatic heterocycles. The van der Waals surface area contributed by atoms with E-state index in [0.717, 1.165) is 24.2 Å². The van der Waals surface area contributed by atoms with Gasteiger partial charge in [0.05, 0.1) is 6.07 Å². The third-order valence-electron chi connectivity index (χ3n) is 3.94. The highest BCUT2D eigenvalue weighted by Gasteiger charge is 2.32. The SMILES string of the molecule is N#C[C@@H](NC(=O)N(C(=O)O)C1CCCCC1)c1cccc(Cl)c1. The molecule has 6 nitrogen and oxygen atoms in total. The topological polar surface area (TPSA) is 93.4 Å². The Kier molecular flexibility index (Phi) is 5.83. The van der Waals surface area contributed by atoms with Crippen molar-refractivity contribution in [3.05, 3.63) is 34.9 Å².